The van der Waals surface area contributed by atoms with E-state index in [0.29, 0.717) is 19.0 Å². The van der Waals surface area contributed by atoms with Crippen LogP contribution in [-0.2, 0) is 11.3 Å². The van der Waals surface area contributed by atoms with Crippen LogP contribution in [0.3, 0.4) is 0 Å². The van der Waals surface area contributed by atoms with Crippen LogP contribution in [-0.4, -0.2) is 17.6 Å². The van der Waals surface area contributed by atoms with Gasteiger partial charge in [0.05, 0.1) is 5.41 Å². The second-order valence-corrected chi connectivity index (χ2v) is 5.69. The summed E-state index contributed by atoms with van der Waals surface area (Å²) < 4.78 is 0. The fourth-order valence-corrected chi connectivity index (χ4v) is 1.62. The monoisotopic (exact) mass is 249 g/mol. The zero-order chi connectivity index (χ0) is 13.8. The van der Waals surface area contributed by atoms with Gasteiger partial charge in [-0.25, -0.2) is 0 Å². The second kappa shape index (κ2) is 6.01. The highest BCUT2D eigenvalue weighted by molar-refractivity contribution is 5.73. The lowest BCUT2D eigenvalue weighted by atomic mass is 9.94. The standard InChI is InChI=1S/C15H23NO2/c1-11(2)13-7-5-12(6-8-13)9-16-10-15(3,4)14(17)18/h5-8,11,16H,9-10H2,1-4H3,(H,17,18). The third-order valence-corrected chi connectivity index (χ3v) is 3.12. The zero-order valence-electron chi connectivity index (χ0n) is 11.7. The first-order valence-electron chi connectivity index (χ1n) is 6.36. The van der Waals surface area contributed by atoms with Crippen molar-refractivity contribution in [3.05, 3.63) is 35.4 Å². The van der Waals surface area contributed by atoms with Gasteiger partial charge in [-0.1, -0.05) is 38.1 Å². The molecule has 0 aliphatic heterocycles. The number of carboxylic acids is 1. The molecule has 3 nitrogen and oxygen atoms in total. The summed E-state index contributed by atoms with van der Waals surface area (Å²) in [4.78, 5) is 10.9. The van der Waals surface area contributed by atoms with Crippen LogP contribution >= 0.6 is 0 Å². The van der Waals surface area contributed by atoms with E-state index in [-0.39, 0.29) is 0 Å². The molecule has 1 aromatic rings. The minimum absolute atomic E-state index is 0.467. The van der Waals surface area contributed by atoms with Crippen molar-refractivity contribution < 1.29 is 9.90 Å². The second-order valence-electron chi connectivity index (χ2n) is 5.69. The highest BCUT2D eigenvalue weighted by atomic mass is 16.4. The van der Waals surface area contributed by atoms with Gasteiger partial charge in [0.25, 0.3) is 0 Å². The Balaban J connectivity index is 2.47. The molecule has 0 aliphatic rings. The normalized spacial score (nSPS) is 11.8. The van der Waals surface area contributed by atoms with Crippen LogP contribution in [0, 0.1) is 5.41 Å². The molecule has 0 aromatic heterocycles. The van der Waals surface area contributed by atoms with Gasteiger partial charge in [-0.15, -0.1) is 0 Å². The Morgan fingerprint density at radius 3 is 2.28 bits per heavy atom. The van der Waals surface area contributed by atoms with Crippen molar-refractivity contribution in [2.75, 3.05) is 6.54 Å². The maximum Gasteiger partial charge on any atom is 0.310 e. The van der Waals surface area contributed by atoms with E-state index in [0.717, 1.165) is 0 Å². The first-order valence-corrected chi connectivity index (χ1v) is 6.36. The third-order valence-electron chi connectivity index (χ3n) is 3.12. The van der Waals surface area contributed by atoms with Crippen LogP contribution in [0.2, 0.25) is 0 Å². The molecule has 0 fully saturated rings. The number of carbonyl (C=O) groups is 1. The fraction of sp³-hybridized carbons (Fsp3) is 0.533. The van der Waals surface area contributed by atoms with Gasteiger partial charge in [-0.2, -0.15) is 0 Å². The number of rotatable bonds is 6. The van der Waals surface area contributed by atoms with Gasteiger partial charge in [-0.05, 0) is 30.9 Å². The maximum absolute atomic E-state index is 10.9. The Morgan fingerprint density at radius 1 is 1.28 bits per heavy atom. The lowest BCUT2D eigenvalue weighted by molar-refractivity contribution is -0.146. The Labute approximate surface area is 109 Å². The van der Waals surface area contributed by atoms with Crippen LogP contribution in [0.1, 0.15) is 44.7 Å². The predicted octanol–water partition coefficient (Wildman–Crippen LogP) is 3.01. The molecule has 0 heterocycles. The van der Waals surface area contributed by atoms with E-state index < -0.39 is 11.4 Å². The van der Waals surface area contributed by atoms with Crippen molar-refractivity contribution in [2.24, 2.45) is 5.41 Å². The average Bonchev–Trinajstić information content (AvgIpc) is 2.29. The Morgan fingerprint density at radius 2 is 1.83 bits per heavy atom. The van der Waals surface area contributed by atoms with Crippen LogP contribution in [0.5, 0.6) is 0 Å². The highest BCUT2D eigenvalue weighted by Gasteiger charge is 2.26. The van der Waals surface area contributed by atoms with E-state index in [4.69, 9.17) is 5.11 Å². The summed E-state index contributed by atoms with van der Waals surface area (Å²) in [5.74, 6) is -0.233. The van der Waals surface area contributed by atoms with E-state index in [1.54, 1.807) is 13.8 Å². The Hall–Kier alpha value is -1.35. The summed E-state index contributed by atoms with van der Waals surface area (Å²) in [5.41, 5.74) is 1.78. The summed E-state index contributed by atoms with van der Waals surface area (Å²) in [6.07, 6.45) is 0. The quantitative estimate of drug-likeness (QED) is 0.814. The molecule has 0 bridgehead atoms. The molecule has 0 saturated carbocycles. The van der Waals surface area contributed by atoms with Crippen molar-refractivity contribution in [1.29, 1.82) is 0 Å². The number of carboxylic acid groups (broad SMARTS) is 1. The molecule has 0 radical (unpaired) electrons. The lowest BCUT2D eigenvalue weighted by Crippen LogP contribution is -2.35. The number of aliphatic carboxylic acids is 1. The lowest BCUT2D eigenvalue weighted by Gasteiger charge is -2.19. The molecule has 3 heteroatoms. The summed E-state index contributed by atoms with van der Waals surface area (Å²) >= 11 is 0. The van der Waals surface area contributed by atoms with Crippen molar-refractivity contribution in [3.63, 3.8) is 0 Å². The summed E-state index contributed by atoms with van der Waals surface area (Å²) in [7, 11) is 0. The van der Waals surface area contributed by atoms with E-state index >= 15 is 0 Å². The molecule has 0 amide bonds. The first-order chi connectivity index (χ1) is 8.33. The molecule has 0 atom stereocenters. The molecule has 1 aromatic carbocycles. The molecule has 1 rings (SSSR count). The van der Waals surface area contributed by atoms with Crippen LogP contribution in [0.15, 0.2) is 24.3 Å². The van der Waals surface area contributed by atoms with Gasteiger partial charge in [0, 0.05) is 13.1 Å². The highest BCUT2D eigenvalue weighted by Crippen LogP contribution is 2.16. The Kier molecular flexibility index (Phi) is 4.91. The molecule has 0 aliphatic carbocycles. The summed E-state index contributed by atoms with van der Waals surface area (Å²) in [6.45, 7) is 8.96. The van der Waals surface area contributed by atoms with Gasteiger partial charge in [0.2, 0.25) is 0 Å². The average molecular weight is 249 g/mol. The van der Waals surface area contributed by atoms with Crippen molar-refractivity contribution in [1.82, 2.24) is 5.32 Å². The molecule has 0 spiro atoms. The third kappa shape index (κ3) is 4.15. The van der Waals surface area contributed by atoms with Crippen molar-refractivity contribution >= 4 is 5.97 Å². The largest absolute Gasteiger partial charge is 0.481 e. The van der Waals surface area contributed by atoms with Crippen LogP contribution < -0.4 is 5.32 Å². The minimum atomic E-state index is -0.773. The van der Waals surface area contributed by atoms with Crippen LogP contribution in [0.25, 0.3) is 0 Å². The van der Waals surface area contributed by atoms with Gasteiger partial charge in [-0.3, -0.25) is 4.79 Å². The zero-order valence-corrected chi connectivity index (χ0v) is 11.7. The van der Waals surface area contributed by atoms with Crippen molar-refractivity contribution in [3.8, 4) is 0 Å². The maximum atomic E-state index is 10.9. The minimum Gasteiger partial charge on any atom is -0.481 e. The van der Waals surface area contributed by atoms with Gasteiger partial charge >= 0.3 is 5.97 Å². The van der Waals surface area contributed by atoms with Gasteiger partial charge < -0.3 is 10.4 Å². The smallest absolute Gasteiger partial charge is 0.310 e. The topological polar surface area (TPSA) is 49.3 Å². The van der Waals surface area contributed by atoms with E-state index in [2.05, 4.69) is 43.4 Å². The molecule has 0 unspecified atom stereocenters. The van der Waals surface area contributed by atoms with Gasteiger partial charge in [0.1, 0.15) is 0 Å². The van der Waals surface area contributed by atoms with Crippen molar-refractivity contribution in [2.45, 2.75) is 40.2 Å². The van der Waals surface area contributed by atoms with E-state index in [9.17, 15) is 4.79 Å². The fourth-order valence-electron chi connectivity index (χ4n) is 1.62. The molecule has 0 saturated heterocycles. The number of nitrogens with one attached hydrogen (secondary N) is 1. The SMILES string of the molecule is CC(C)c1ccc(CNCC(C)(C)C(=O)O)cc1. The molecular formula is C15H23NO2. The first kappa shape index (κ1) is 14.7. The van der Waals surface area contributed by atoms with Crippen LogP contribution in [0.4, 0.5) is 0 Å². The van der Waals surface area contributed by atoms with E-state index in [1.807, 2.05) is 0 Å². The molecule has 100 valence electrons. The van der Waals surface area contributed by atoms with E-state index in [1.165, 1.54) is 11.1 Å². The molecule has 18 heavy (non-hydrogen) atoms. The predicted molar refractivity (Wildman–Crippen MR) is 73.7 cm³/mol. The molecule has 2 N–H and O–H groups in total. The molecular weight excluding hydrogens is 226 g/mol. The number of hydrogen-bond donors (Lipinski definition) is 2. The van der Waals surface area contributed by atoms with Gasteiger partial charge in [0.15, 0.2) is 0 Å². The number of hydrogen-bond acceptors (Lipinski definition) is 2. The summed E-state index contributed by atoms with van der Waals surface area (Å²) in [6, 6.07) is 8.44. The number of benzene rings is 1. The summed E-state index contributed by atoms with van der Waals surface area (Å²) in [5, 5.41) is 12.2. The Bertz CT molecular complexity index is 393.